The number of amides is 1. The number of anilines is 1. The van der Waals surface area contributed by atoms with E-state index in [0.717, 1.165) is 11.4 Å². The molecule has 0 fully saturated rings. The molecule has 1 atom stereocenters. The predicted molar refractivity (Wildman–Crippen MR) is 81.1 cm³/mol. The molecule has 3 nitrogen and oxygen atoms in total. The van der Waals surface area contributed by atoms with Crippen LogP contribution < -0.4 is 10.1 Å². The van der Waals surface area contributed by atoms with E-state index in [1.165, 1.54) is 5.56 Å². The molecule has 0 saturated carbocycles. The molecule has 0 aliphatic rings. The van der Waals surface area contributed by atoms with Gasteiger partial charge in [0, 0.05) is 12.1 Å². The molecular weight excluding hydrogens is 250 g/mol. The van der Waals surface area contributed by atoms with Crippen LogP contribution in [0.2, 0.25) is 0 Å². The van der Waals surface area contributed by atoms with Gasteiger partial charge in [-0.2, -0.15) is 0 Å². The Kier molecular flexibility index (Phi) is 4.77. The number of ether oxygens (including phenoxy) is 1. The summed E-state index contributed by atoms with van der Waals surface area (Å²) in [4.78, 5) is 12.0. The first-order valence-corrected chi connectivity index (χ1v) is 6.68. The van der Waals surface area contributed by atoms with Gasteiger partial charge in [-0.25, -0.2) is 0 Å². The predicted octanol–water partition coefficient (Wildman–Crippen LogP) is 3.83. The Balaban J connectivity index is 1.91. The number of carbonyl (C=O) groups is 1. The minimum atomic E-state index is 0.0199. The number of methoxy groups -OCH3 is 1. The number of rotatable bonds is 5. The maximum atomic E-state index is 12.0. The second kappa shape index (κ2) is 6.75. The molecule has 1 amide bonds. The van der Waals surface area contributed by atoms with E-state index in [0.29, 0.717) is 6.42 Å². The number of carbonyl (C=O) groups excluding carboxylic acids is 1. The molecule has 0 aliphatic heterocycles. The summed E-state index contributed by atoms with van der Waals surface area (Å²) in [7, 11) is 1.62. The van der Waals surface area contributed by atoms with Crippen molar-refractivity contribution < 1.29 is 9.53 Å². The molecule has 0 spiro atoms. The van der Waals surface area contributed by atoms with Crippen LogP contribution in [0, 0.1) is 0 Å². The first kappa shape index (κ1) is 14.1. The van der Waals surface area contributed by atoms with Gasteiger partial charge >= 0.3 is 0 Å². The molecule has 0 aromatic heterocycles. The minimum absolute atomic E-state index is 0.0199. The highest BCUT2D eigenvalue weighted by molar-refractivity contribution is 5.91. The minimum Gasteiger partial charge on any atom is -0.497 e. The average molecular weight is 269 g/mol. The lowest BCUT2D eigenvalue weighted by Crippen LogP contribution is -2.14. The van der Waals surface area contributed by atoms with E-state index in [2.05, 4.69) is 12.2 Å². The van der Waals surface area contributed by atoms with Crippen LogP contribution in [-0.2, 0) is 4.79 Å². The zero-order chi connectivity index (χ0) is 14.4. The van der Waals surface area contributed by atoms with Crippen LogP contribution in [-0.4, -0.2) is 13.0 Å². The van der Waals surface area contributed by atoms with Gasteiger partial charge in [0.25, 0.3) is 0 Å². The highest BCUT2D eigenvalue weighted by Crippen LogP contribution is 2.20. The largest absolute Gasteiger partial charge is 0.497 e. The summed E-state index contributed by atoms with van der Waals surface area (Å²) in [6.45, 7) is 2.06. The van der Waals surface area contributed by atoms with Crippen molar-refractivity contribution >= 4 is 11.6 Å². The van der Waals surface area contributed by atoms with Gasteiger partial charge in [-0.05, 0) is 35.7 Å². The molecule has 1 N–H and O–H groups in total. The molecule has 0 radical (unpaired) electrons. The SMILES string of the molecule is COc1ccc(NC(=O)CC(C)c2ccccc2)cc1. The summed E-state index contributed by atoms with van der Waals surface area (Å²) in [5.74, 6) is 1.00. The lowest BCUT2D eigenvalue weighted by molar-refractivity contribution is -0.116. The molecule has 2 rings (SSSR count). The van der Waals surface area contributed by atoms with Crippen molar-refractivity contribution in [2.45, 2.75) is 19.3 Å². The topological polar surface area (TPSA) is 38.3 Å². The van der Waals surface area contributed by atoms with Crippen LogP contribution in [0.5, 0.6) is 5.75 Å². The zero-order valence-corrected chi connectivity index (χ0v) is 11.8. The molecule has 0 aliphatic carbocycles. The van der Waals surface area contributed by atoms with Crippen molar-refractivity contribution in [1.29, 1.82) is 0 Å². The Hall–Kier alpha value is -2.29. The van der Waals surface area contributed by atoms with E-state index in [-0.39, 0.29) is 11.8 Å². The third kappa shape index (κ3) is 3.85. The lowest BCUT2D eigenvalue weighted by Gasteiger charge is -2.12. The molecule has 0 saturated heterocycles. The fourth-order valence-corrected chi connectivity index (χ4v) is 2.06. The van der Waals surface area contributed by atoms with E-state index < -0.39 is 0 Å². The van der Waals surface area contributed by atoms with E-state index in [9.17, 15) is 4.79 Å². The lowest BCUT2D eigenvalue weighted by atomic mass is 9.97. The fourth-order valence-electron chi connectivity index (χ4n) is 2.06. The van der Waals surface area contributed by atoms with Crippen molar-refractivity contribution in [3.63, 3.8) is 0 Å². The monoisotopic (exact) mass is 269 g/mol. The second-order valence-electron chi connectivity index (χ2n) is 4.79. The average Bonchev–Trinajstić information content (AvgIpc) is 2.49. The summed E-state index contributed by atoms with van der Waals surface area (Å²) in [6.07, 6.45) is 0.468. The normalized spacial score (nSPS) is 11.7. The molecule has 104 valence electrons. The third-order valence-electron chi connectivity index (χ3n) is 3.23. The highest BCUT2D eigenvalue weighted by Gasteiger charge is 2.11. The van der Waals surface area contributed by atoms with E-state index in [1.54, 1.807) is 7.11 Å². The first-order chi connectivity index (χ1) is 9.69. The molecule has 2 aromatic carbocycles. The van der Waals surface area contributed by atoms with Crippen LogP contribution in [0.25, 0.3) is 0 Å². The molecule has 0 bridgehead atoms. The standard InChI is InChI=1S/C17H19NO2/c1-13(14-6-4-3-5-7-14)12-17(19)18-15-8-10-16(20-2)11-9-15/h3-11,13H,12H2,1-2H3,(H,18,19). The Labute approximate surface area is 119 Å². The van der Waals surface area contributed by atoms with E-state index >= 15 is 0 Å². The Morgan fingerprint density at radius 1 is 1.10 bits per heavy atom. The van der Waals surface area contributed by atoms with Gasteiger partial charge in [0.15, 0.2) is 0 Å². The van der Waals surface area contributed by atoms with Crippen LogP contribution in [0.15, 0.2) is 54.6 Å². The van der Waals surface area contributed by atoms with Crippen LogP contribution >= 0.6 is 0 Å². The van der Waals surface area contributed by atoms with Gasteiger partial charge in [0.1, 0.15) is 5.75 Å². The third-order valence-corrected chi connectivity index (χ3v) is 3.23. The summed E-state index contributed by atoms with van der Waals surface area (Å²) in [6, 6.07) is 17.4. The van der Waals surface area contributed by atoms with E-state index in [4.69, 9.17) is 4.74 Å². The van der Waals surface area contributed by atoms with Crippen LogP contribution in [0.4, 0.5) is 5.69 Å². The van der Waals surface area contributed by atoms with Gasteiger partial charge in [-0.3, -0.25) is 4.79 Å². The van der Waals surface area contributed by atoms with Crippen molar-refractivity contribution in [3.05, 3.63) is 60.2 Å². The number of hydrogen-bond donors (Lipinski definition) is 1. The summed E-state index contributed by atoms with van der Waals surface area (Å²) >= 11 is 0. The second-order valence-corrected chi connectivity index (χ2v) is 4.79. The quantitative estimate of drug-likeness (QED) is 0.896. The molecule has 1 unspecified atom stereocenters. The molecule has 3 heteroatoms. The van der Waals surface area contributed by atoms with Crippen molar-refractivity contribution in [1.82, 2.24) is 0 Å². The summed E-state index contributed by atoms with van der Waals surface area (Å²) in [5, 5.41) is 2.90. The molecule has 20 heavy (non-hydrogen) atoms. The van der Waals surface area contributed by atoms with Crippen LogP contribution in [0.1, 0.15) is 24.8 Å². The summed E-state index contributed by atoms with van der Waals surface area (Å²) in [5.41, 5.74) is 1.97. The van der Waals surface area contributed by atoms with Gasteiger partial charge in [0.05, 0.1) is 7.11 Å². The Morgan fingerprint density at radius 3 is 2.35 bits per heavy atom. The van der Waals surface area contributed by atoms with Gasteiger partial charge in [-0.1, -0.05) is 37.3 Å². The molecule has 0 heterocycles. The maximum absolute atomic E-state index is 12.0. The first-order valence-electron chi connectivity index (χ1n) is 6.68. The van der Waals surface area contributed by atoms with Gasteiger partial charge in [-0.15, -0.1) is 0 Å². The Bertz CT molecular complexity index is 549. The van der Waals surface area contributed by atoms with Crippen molar-refractivity contribution in [2.75, 3.05) is 12.4 Å². The van der Waals surface area contributed by atoms with Crippen molar-refractivity contribution in [2.24, 2.45) is 0 Å². The number of benzene rings is 2. The summed E-state index contributed by atoms with van der Waals surface area (Å²) < 4.78 is 5.08. The van der Waals surface area contributed by atoms with Crippen LogP contribution in [0.3, 0.4) is 0 Å². The zero-order valence-electron chi connectivity index (χ0n) is 11.8. The fraction of sp³-hybridized carbons (Fsp3) is 0.235. The molecular formula is C17H19NO2. The van der Waals surface area contributed by atoms with Gasteiger partial charge < -0.3 is 10.1 Å². The number of hydrogen-bond acceptors (Lipinski definition) is 2. The smallest absolute Gasteiger partial charge is 0.224 e. The van der Waals surface area contributed by atoms with Gasteiger partial charge in [0.2, 0.25) is 5.91 Å². The highest BCUT2D eigenvalue weighted by atomic mass is 16.5. The number of nitrogens with one attached hydrogen (secondary N) is 1. The van der Waals surface area contributed by atoms with Crippen molar-refractivity contribution in [3.8, 4) is 5.75 Å². The molecule has 2 aromatic rings. The maximum Gasteiger partial charge on any atom is 0.224 e. The van der Waals surface area contributed by atoms with E-state index in [1.807, 2.05) is 54.6 Å². The Morgan fingerprint density at radius 2 is 1.75 bits per heavy atom.